The molecular weight excluding hydrogens is 847 g/mol. The quantitative estimate of drug-likeness (QED) is 0.0187. The average molecular weight is 948 g/mol. The average Bonchev–Trinajstić information content (AvgIpc) is 3.33. The van der Waals surface area contributed by atoms with E-state index >= 15 is 0 Å². The van der Waals surface area contributed by atoms with Crippen LogP contribution in [-0.4, -0.2) is 87.1 Å². The van der Waals surface area contributed by atoms with Crippen LogP contribution in [0, 0.1) is 5.41 Å². The summed E-state index contributed by atoms with van der Waals surface area (Å²) in [5.74, 6) is -1.40. The molecule has 0 atom stereocenters. The van der Waals surface area contributed by atoms with E-state index in [1.165, 1.54) is 64.2 Å². The van der Waals surface area contributed by atoms with Gasteiger partial charge in [-0.25, -0.2) is 0 Å². The second-order valence-corrected chi connectivity index (χ2v) is 19.3. The number of aliphatic hydroxyl groups excluding tert-OH is 1. The van der Waals surface area contributed by atoms with E-state index in [0.29, 0.717) is 30.8 Å². The first-order valence-electron chi connectivity index (χ1n) is 27.8. The van der Waals surface area contributed by atoms with Crippen molar-refractivity contribution >= 4 is 29.3 Å². The molecule has 0 radical (unpaired) electrons. The third kappa shape index (κ3) is 28.3. The highest BCUT2D eigenvalue weighted by atomic mass is 16.6. The first-order valence-corrected chi connectivity index (χ1v) is 27.8. The van der Waals surface area contributed by atoms with Gasteiger partial charge in [-0.15, -0.1) is 0 Å². The predicted octanol–water partition coefficient (Wildman–Crippen LogP) is 12.4. The van der Waals surface area contributed by atoms with Crippen LogP contribution in [0.15, 0.2) is 9.59 Å². The van der Waals surface area contributed by atoms with Gasteiger partial charge in [0.15, 0.2) is 5.41 Å². The molecule has 12 heteroatoms. The highest BCUT2D eigenvalue weighted by molar-refractivity contribution is 6.00. The Morgan fingerprint density at radius 1 is 0.537 bits per heavy atom. The number of esters is 3. The zero-order valence-electron chi connectivity index (χ0n) is 43.7. The Bertz CT molecular complexity index is 1400. The molecule has 67 heavy (non-hydrogen) atoms. The van der Waals surface area contributed by atoms with E-state index < -0.39 is 34.8 Å². The van der Waals surface area contributed by atoms with Gasteiger partial charge in [-0.3, -0.25) is 24.0 Å². The molecular formula is C55H101N3O9. The fourth-order valence-corrected chi connectivity index (χ4v) is 8.87. The van der Waals surface area contributed by atoms with Gasteiger partial charge in [0.05, 0.1) is 19.8 Å². The van der Waals surface area contributed by atoms with Crippen molar-refractivity contribution in [3.05, 3.63) is 20.4 Å². The number of hydrogen-bond acceptors (Lipinski definition) is 12. The maximum Gasteiger partial charge on any atom is 0.325 e. The fraction of sp³-hybridized carbons (Fsp3) is 0.873. The van der Waals surface area contributed by atoms with Gasteiger partial charge in [0.2, 0.25) is 0 Å². The van der Waals surface area contributed by atoms with Crippen molar-refractivity contribution in [2.45, 2.75) is 252 Å². The van der Waals surface area contributed by atoms with Crippen molar-refractivity contribution in [2.75, 3.05) is 63.7 Å². The molecule has 0 aliphatic carbocycles. The molecule has 0 aliphatic heterocycles. The summed E-state index contributed by atoms with van der Waals surface area (Å²) in [5, 5.41) is 16.5. The summed E-state index contributed by atoms with van der Waals surface area (Å²) >= 11 is 0. The molecule has 3 N–H and O–H groups in total. The monoisotopic (exact) mass is 948 g/mol. The van der Waals surface area contributed by atoms with E-state index in [0.717, 1.165) is 154 Å². The van der Waals surface area contributed by atoms with Crippen LogP contribution in [0.3, 0.4) is 0 Å². The number of rotatable bonds is 49. The molecule has 0 fully saturated rings. The van der Waals surface area contributed by atoms with Gasteiger partial charge in [-0.1, -0.05) is 169 Å². The lowest BCUT2D eigenvalue weighted by Crippen LogP contribution is -2.45. The molecule has 0 heterocycles. The maximum absolute atomic E-state index is 13.4. The molecule has 0 saturated heterocycles. The Morgan fingerprint density at radius 2 is 0.955 bits per heavy atom. The number of nitrogens with zero attached hydrogens (tertiary/aromatic N) is 1. The Kier molecular flexibility index (Phi) is 38.8. The van der Waals surface area contributed by atoms with E-state index in [2.05, 4.69) is 43.2 Å². The molecule has 1 aromatic rings. The van der Waals surface area contributed by atoms with Crippen LogP contribution in [-0.2, 0) is 28.6 Å². The topological polar surface area (TPSA) is 161 Å². The third-order valence-corrected chi connectivity index (χ3v) is 13.4. The maximum atomic E-state index is 13.4. The molecule has 0 bridgehead atoms. The van der Waals surface area contributed by atoms with Crippen LogP contribution in [0.2, 0.25) is 0 Å². The van der Waals surface area contributed by atoms with Crippen molar-refractivity contribution in [2.24, 2.45) is 5.41 Å². The third-order valence-electron chi connectivity index (χ3n) is 13.4. The largest absolute Gasteiger partial charge is 0.465 e. The number of nitrogens with one attached hydrogen (secondary N) is 2. The number of aliphatic hydroxyl groups is 1. The molecule has 390 valence electrons. The Hall–Kier alpha value is -2.99. The standard InChI is InChI=1S/C55H101N3O9/c1-6-10-14-18-21-27-36-47(37-28-22-19-15-11-7-2)67-48(60)38-29-23-20-25-31-41-58(43-35-40-57-50-49(56-5)51(61)52(50)62)42-32-26-24-30-39-55(46-59,53(63)65-44-33-16-12-8-3)54(64)66-45-34-17-13-9-4/h47,56-57,59H,6-46H2,1-5H3. The van der Waals surface area contributed by atoms with Crippen molar-refractivity contribution in [1.82, 2.24) is 4.90 Å². The summed E-state index contributed by atoms with van der Waals surface area (Å²) in [5.41, 5.74) is -1.93. The molecule has 1 aromatic carbocycles. The SMILES string of the molecule is CCCCCCCCC(CCCCCCCC)OC(=O)CCCCCCCN(CCCCCCC(CO)(C(=O)OCCCCCC)C(=O)OCCCCCC)CCCNc1c(NC)c(=O)c1=O. The second-order valence-electron chi connectivity index (χ2n) is 19.3. The first kappa shape index (κ1) is 62.0. The second kappa shape index (κ2) is 41.9. The number of carbonyl (C=O) groups is 3. The van der Waals surface area contributed by atoms with E-state index in [1.807, 2.05) is 0 Å². The summed E-state index contributed by atoms with van der Waals surface area (Å²) in [7, 11) is 1.65. The predicted molar refractivity (Wildman–Crippen MR) is 277 cm³/mol. The van der Waals surface area contributed by atoms with Crippen LogP contribution in [0.5, 0.6) is 0 Å². The highest BCUT2D eigenvalue weighted by Gasteiger charge is 2.48. The van der Waals surface area contributed by atoms with Gasteiger partial charge in [0.1, 0.15) is 17.5 Å². The van der Waals surface area contributed by atoms with Gasteiger partial charge in [0.25, 0.3) is 10.9 Å². The zero-order valence-corrected chi connectivity index (χ0v) is 43.7. The molecule has 0 amide bonds. The van der Waals surface area contributed by atoms with Gasteiger partial charge >= 0.3 is 17.9 Å². The zero-order chi connectivity index (χ0) is 49.2. The molecule has 1 rings (SSSR count). The first-order chi connectivity index (χ1) is 32.6. The summed E-state index contributed by atoms with van der Waals surface area (Å²) in [6.45, 7) is 11.8. The van der Waals surface area contributed by atoms with Crippen LogP contribution in [0.4, 0.5) is 11.4 Å². The molecule has 0 aromatic heterocycles. The minimum atomic E-state index is -1.70. The Morgan fingerprint density at radius 3 is 1.45 bits per heavy atom. The number of hydrogen-bond donors (Lipinski definition) is 3. The van der Waals surface area contributed by atoms with E-state index in [4.69, 9.17) is 14.2 Å². The molecule has 0 saturated carbocycles. The number of carbonyl (C=O) groups excluding carboxylic acids is 3. The smallest absolute Gasteiger partial charge is 0.325 e. The summed E-state index contributed by atoms with van der Waals surface area (Å²) in [6, 6.07) is 0. The van der Waals surface area contributed by atoms with Gasteiger partial charge in [-0.2, -0.15) is 0 Å². The van der Waals surface area contributed by atoms with Crippen molar-refractivity contribution in [3.8, 4) is 0 Å². The van der Waals surface area contributed by atoms with Crippen LogP contribution in [0.25, 0.3) is 0 Å². The van der Waals surface area contributed by atoms with Crippen LogP contribution < -0.4 is 21.5 Å². The Labute approximate surface area is 408 Å². The lowest BCUT2D eigenvalue weighted by atomic mass is 9.83. The van der Waals surface area contributed by atoms with Crippen molar-refractivity contribution in [3.63, 3.8) is 0 Å². The van der Waals surface area contributed by atoms with E-state index in [1.54, 1.807) is 7.05 Å². The van der Waals surface area contributed by atoms with Gasteiger partial charge < -0.3 is 34.9 Å². The number of ether oxygens (including phenoxy) is 3. The summed E-state index contributed by atoms with van der Waals surface area (Å²) in [6.07, 6.45) is 34.3. The van der Waals surface area contributed by atoms with Crippen LogP contribution in [0.1, 0.15) is 246 Å². The van der Waals surface area contributed by atoms with Gasteiger partial charge in [0, 0.05) is 20.0 Å². The Balaban J connectivity index is 2.68. The minimum absolute atomic E-state index is 0.0372. The van der Waals surface area contributed by atoms with Crippen molar-refractivity contribution in [1.29, 1.82) is 0 Å². The molecule has 0 spiro atoms. The van der Waals surface area contributed by atoms with E-state index in [-0.39, 0.29) is 31.7 Å². The van der Waals surface area contributed by atoms with Crippen molar-refractivity contribution < 1.29 is 33.7 Å². The van der Waals surface area contributed by atoms with Crippen LogP contribution >= 0.6 is 0 Å². The fourth-order valence-electron chi connectivity index (χ4n) is 8.87. The minimum Gasteiger partial charge on any atom is -0.465 e. The molecule has 0 aliphatic rings. The summed E-state index contributed by atoms with van der Waals surface area (Å²) in [4.78, 5) is 66.1. The highest BCUT2D eigenvalue weighted by Crippen LogP contribution is 2.30. The summed E-state index contributed by atoms with van der Waals surface area (Å²) < 4.78 is 17.2. The number of unbranched alkanes of at least 4 members (excludes halogenated alkanes) is 23. The lowest BCUT2D eigenvalue weighted by Gasteiger charge is -2.27. The van der Waals surface area contributed by atoms with E-state index in [9.17, 15) is 29.1 Å². The lowest BCUT2D eigenvalue weighted by molar-refractivity contribution is -0.177. The normalized spacial score (nSPS) is 11.8. The van der Waals surface area contributed by atoms with Gasteiger partial charge in [-0.05, 0) is 90.3 Å². The molecule has 12 nitrogen and oxygen atoms in total. The molecule has 0 unspecified atom stereocenters. The number of anilines is 2.